The number of aliphatic hydroxyl groups is 3. The van der Waals surface area contributed by atoms with Crippen LogP contribution in [0.3, 0.4) is 0 Å². The first-order valence-corrected chi connectivity index (χ1v) is 16.8. The summed E-state index contributed by atoms with van der Waals surface area (Å²) >= 11 is 0. The molecular weight excluding hydrogens is 616 g/mol. The van der Waals surface area contributed by atoms with Crippen LogP contribution in [0.25, 0.3) is 5.76 Å². The summed E-state index contributed by atoms with van der Waals surface area (Å²) in [7, 11) is 3.25. The number of primary amides is 1. The predicted octanol–water partition coefficient (Wildman–Crippen LogP) is 1.97. The van der Waals surface area contributed by atoms with E-state index in [0.29, 0.717) is 29.0 Å². The van der Waals surface area contributed by atoms with Crippen LogP contribution in [-0.4, -0.2) is 85.5 Å². The molecule has 0 aliphatic heterocycles. The van der Waals surface area contributed by atoms with Gasteiger partial charge in [0.05, 0.1) is 17.2 Å². The lowest BCUT2D eigenvalue weighted by molar-refractivity contribution is -0.184. The van der Waals surface area contributed by atoms with Crippen molar-refractivity contribution in [1.82, 2.24) is 15.2 Å². The summed E-state index contributed by atoms with van der Waals surface area (Å²) in [6, 6.07) is 4.15. The molecule has 3 fully saturated rings. The Labute approximate surface area is 279 Å². The van der Waals surface area contributed by atoms with E-state index in [0.717, 1.165) is 24.8 Å². The fourth-order valence-corrected chi connectivity index (χ4v) is 8.78. The van der Waals surface area contributed by atoms with E-state index in [1.807, 2.05) is 6.07 Å². The fraction of sp³-hybridized carbons (Fsp3) is 0.528. The summed E-state index contributed by atoms with van der Waals surface area (Å²) in [5.74, 6) is -7.65. The number of aryl methyl sites for hydroxylation is 1. The number of amides is 2. The van der Waals surface area contributed by atoms with Gasteiger partial charge in [0, 0.05) is 42.0 Å². The van der Waals surface area contributed by atoms with Gasteiger partial charge in [-0.1, -0.05) is 38.2 Å². The van der Waals surface area contributed by atoms with Gasteiger partial charge < -0.3 is 36.4 Å². The number of nitrogens with two attached hydrogens (primary N) is 1. The van der Waals surface area contributed by atoms with Crippen LogP contribution < -0.4 is 11.1 Å². The lowest BCUT2D eigenvalue weighted by Gasteiger charge is -2.53. The molecule has 1 aromatic heterocycles. The summed E-state index contributed by atoms with van der Waals surface area (Å²) in [6.45, 7) is -0.0730. The van der Waals surface area contributed by atoms with E-state index < -0.39 is 64.6 Å². The molecule has 1 heterocycles. The molecule has 0 radical (unpaired) electrons. The summed E-state index contributed by atoms with van der Waals surface area (Å²) < 4.78 is 0. The Morgan fingerprint density at radius 1 is 1.12 bits per heavy atom. The molecule has 3 saturated carbocycles. The Morgan fingerprint density at radius 3 is 2.50 bits per heavy atom. The molecule has 256 valence electrons. The SMILES string of the molecule is CN(C)[C@H]1C(O)C(C(N)=O)C(=O)[C@]2(O)C(=O)C3=C(O)c4c(O)c(CNC(=O)c5cccnc5)cc(CCC5CCCCC5)c4C[C@@H]3C[C@H]12. The Morgan fingerprint density at radius 2 is 1.85 bits per heavy atom. The monoisotopic (exact) mass is 660 g/mol. The first-order chi connectivity index (χ1) is 22.9. The van der Waals surface area contributed by atoms with Crippen molar-refractivity contribution in [1.29, 1.82) is 0 Å². The molecule has 0 bridgehead atoms. The number of pyridine rings is 1. The number of nitrogens with zero attached hydrogens (tertiary/aromatic N) is 2. The Bertz CT molecular complexity index is 1670. The Balaban J connectivity index is 1.43. The highest BCUT2D eigenvalue weighted by Gasteiger charge is 2.67. The molecule has 0 spiro atoms. The van der Waals surface area contributed by atoms with Crippen molar-refractivity contribution >= 4 is 29.1 Å². The van der Waals surface area contributed by atoms with Gasteiger partial charge in [0.25, 0.3) is 5.91 Å². The van der Waals surface area contributed by atoms with Gasteiger partial charge in [-0.2, -0.15) is 0 Å². The maximum Gasteiger partial charge on any atom is 0.253 e. The van der Waals surface area contributed by atoms with Crippen molar-refractivity contribution in [3.63, 3.8) is 0 Å². The molecule has 1 aromatic carbocycles. The second-order valence-corrected chi connectivity index (χ2v) is 14.2. The second kappa shape index (κ2) is 13.1. The van der Waals surface area contributed by atoms with Crippen LogP contribution in [0.5, 0.6) is 5.75 Å². The van der Waals surface area contributed by atoms with E-state index in [1.165, 1.54) is 25.5 Å². The molecule has 48 heavy (non-hydrogen) atoms. The molecule has 2 unspecified atom stereocenters. The van der Waals surface area contributed by atoms with Crippen LogP contribution in [0.2, 0.25) is 0 Å². The zero-order valence-corrected chi connectivity index (χ0v) is 27.3. The van der Waals surface area contributed by atoms with Gasteiger partial charge in [-0.25, -0.2) is 0 Å². The minimum Gasteiger partial charge on any atom is -0.507 e. The van der Waals surface area contributed by atoms with Gasteiger partial charge in [-0.15, -0.1) is 0 Å². The number of fused-ring (bicyclic) bond motifs is 3. The number of likely N-dealkylation sites (N-methyl/N-ethyl adjacent to an activating group) is 1. The number of hydrogen-bond donors (Lipinski definition) is 6. The normalized spacial score (nSPS) is 28.9. The Kier molecular flexibility index (Phi) is 9.18. The minimum absolute atomic E-state index is 0.0438. The van der Waals surface area contributed by atoms with E-state index in [9.17, 15) is 39.6 Å². The third-order valence-electron chi connectivity index (χ3n) is 11.2. The van der Waals surface area contributed by atoms with Gasteiger partial charge in [0.1, 0.15) is 17.4 Å². The van der Waals surface area contributed by atoms with Crippen molar-refractivity contribution in [2.45, 2.75) is 82.1 Å². The summed E-state index contributed by atoms with van der Waals surface area (Å²) in [6.07, 6.45) is 9.15. The molecule has 4 aliphatic rings. The average Bonchev–Trinajstić information content (AvgIpc) is 3.06. The van der Waals surface area contributed by atoms with Gasteiger partial charge in [-0.3, -0.25) is 24.2 Å². The zero-order valence-electron chi connectivity index (χ0n) is 27.3. The smallest absolute Gasteiger partial charge is 0.253 e. The third kappa shape index (κ3) is 5.59. The highest BCUT2D eigenvalue weighted by atomic mass is 16.3. The second-order valence-electron chi connectivity index (χ2n) is 14.2. The largest absolute Gasteiger partial charge is 0.507 e. The van der Waals surface area contributed by atoms with Crippen molar-refractivity contribution in [3.8, 4) is 5.75 Å². The van der Waals surface area contributed by atoms with Crippen molar-refractivity contribution in [3.05, 3.63) is 64.0 Å². The number of carbonyl (C=O) groups excluding carboxylic acids is 4. The Hall–Kier alpha value is -4.13. The molecule has 6 rings (SSSR count). The number of phenols is 1. The first-order valence-electron chi connectivity index (χ1n) is 16.8. The molecule has 0 saturated heterocycles. The summed E-state index contributed by atoms with van der Waals surface area (Å²) in [5.41, 5.74) is 4.85. The maximum atomic E-state index is 14.3. The van der Waals surface area contributed by atoms with Crippen LogP contribution in [0.4, 0.5) is 0 Å². The lowest BCUT2D eigenvalue weighted by Crippen LogP contribution is -2.73. The number of aromatic hydroxyl groups is 1. The van der Waals surface area contributed by atoms with Crippen LogP contribution in [0.15, 0.2) is 36.2 Å². The fourth-order valence-electron chi connectivity index (χ4n) is 8.78. The lowest BCUT2D eigenvalue weighted by atomic mass is 9.54. The average molecular weight is 661 g/mol. The molecule has 2 amide bonds. The van der Waals surface area contributed by atoms with Crippen molar-refractivity contribution in [2.24, 2.45) is 29.4 Å². The van der Waals surface area contributed by atoms with Crippen molar-refractivity contribution in [2.75, 3.05) is 14.1 Å². The predicted molar refractivity (Wildman–Crippen MR) is 174 cm³/mol. The van der Waals surface area contributed by atoms with E-state index >= 15 is 0 Å². The number of aromatic nitrogens is 1. The molecule has 7 N–H and O–H groups in total. The highest BCUT2D eigenvalue weighted by Crippen LogP contribution is 2.53. The highest BCUT2D eigenvalue weighted by molar-refractivity contribution is 6.25. The van der Waals surface area contributed by atoms with Gasteiger partial charge in [0.15, 0.2) is 11.4 Å². The molecule has 12 nitrogen and oxygen atoms in total. The van der Waals surface area contributed by atoms with Crippen LogP contribution in [0.1, 0.15) is 77.6 Å². The number of carbonyl (C=O) groups is 4. The number of rotatable bonds is 8. The molecule has 12 heteroatoms. The maximum absolute atomic E-state index is 14.3. The van der Waals surface area contributed by atoms with Gasteiger partial charge in [0.2, 0.25) is 11.7 Å². The van der Waals surface area contributed by atoms with Crippen LogP contribution in [-0.2, 0) is 33.8 Å². The molecule has 6 atom stereocenters. The third-order valence-corrected chi connectivity index (χ3v) is 11.2. The number of benzene rings is 1. The van der Waals surface area contributed by atoms with Crippen LogP contribution >= 0.6 is 0 Å². The van der Waals surface area contributed by atoms with Crippen LogP contribution in [0, 0.1) is 23.7 Å². The minimum atomic E-state index is -2.72. The quantitative estimate of drug-likeness (QED) is 0.227. The first kappa shape index (κ1) is 33.8. The number of phenolic OH excluding ortho intramolecular Hbond substituents is 1. The van der Waals surface area contributed by atoms with E-state index in [1.54, 1.807) is 37.3 Å². The number of ketones is 2. The van der Waals surface area contributed by atoms with Gasteiger partial charge >= 0.3 is 0 Å². The van der Waals surface area contributed by atoms with E-state index in [-0.39, 0.29) is 36.3 Å². The standard InChI is InChI=1S/C36H44N4O8/c1-40(2)28-24-15-21-14-23-19(11-10-18-7-4-3-5-8-18)13-22(17-39-35(47)20-9-6-12-38-16-20)29(41)26(23)30(42)25(21)32(44)36(24,48)33(45)27(31(28)43)34(37)46/h6,9,12-13,16,18,21,24,27-28,31,41-43,48H,3-5,7-8,10-11,14-15,17H2,1-2H3,(H2,37,46)(H,39,47)/t21-,24-,27?,28-,31?,36-/m1/s1. The number of aliphatic hydroxyl groups excluding tert-OH is 2. The summed E-state index contributed by atoms with van der Waals surface area (Å²) in [5, 5.41) is 49.4. The molecule has 2 aromatic rings. The van der Waals surface area contributed by atoms with E-state index in [4.69, 9.17) is 5.73 Å². The molecule has 4 aliphatic carbocycles. The summed E-state index contributed by atoms with van der Waals surface area (Å²) in [4.78, 5) is 58.7. The number of nitrogens with one attached hydrogen (secondary N) is 1. The number of Topliss-reactive ketones (excluding diaryl/α,β-unsaturated/α-hetero) is 2. The van der Waals surface area contributed by atoms with Gasteiger partial charge in [-0.05, 0) is 74.9 Å². The zero-order chi connectivity index (χ0) is 34.5. The topological polar surface area (TPSA) is 203 Å². The van der Waals surface area contributed by atoms with Crippen molar-refractivity contribution < 1.29 is 39.6 Å². The number of hydrogen-bond acceptors (Lipinski definition) is 10. The molecular formula is C36H44N4O8. The van der Waals surface area contributed by atoms with E-state index in [2.05, 4.69) is 10.3 Å².